The number of carboxylic acid groups (broad SMARTS) is 2. The van der Waals surface area contributed by atoms with Crippen LogP contribution in [-0.4, -0.2) is 87.5 Å². The van der Waals surface area contributed by atoms with Crippen molar-refractivity contribution >= 4 is 24.8 Å². The van der Waals surface area contributed by atoms with E-state index in [9.17, 15) is 9.59 Å². The Hall–Kier alpha value is -3.67. The van der Waals surface area contributed by atoms with Gasteiger partial charge in [-0.1, -0.05) is 0 Å². The van der Waals surface area contributed by atoms with Gasteiger partial charge < -0.3 is 34.7 Å². The van der Waals surface area contributed by atoms with Gasteiger partial charge in [0, 0.05) is 32.1 Å². The molecule has 0 aliphatic carbocycles. The SMILES string of the molecule is Cc1nc2c([nH]1)CN(C(=O)[C@@H]1CC[C@H](NC(=O)c3ccco3)CN(C)C1)CC2.O=CO.O=CO. The van der Waals surface area contributed by atoms with Crippen molar-refractivity contribution in [1.29, 1.82) is 0 Å². The van der Waals surface area contributed by atoms with E-state index in [1.54, 1.807) is 12.1 Å². The van der Waals surface area contributed by atoms with E-state index >= 15 is 0 Å². The van der Waals surface area contributed by atoms with E-state index in [-0.39, 0.29) is 36.7 Å². The van der Waals surface area contributed by atoms with E-state index in [1.165, 1.54) is 6.26 Å². The zero-order chi connectivity index (χ0) is 25.1. The Balaban J connectivity index is 0.000000618. The number of carbonyl (C=O) groups excluding carboxylic acids is 2. The molecule has 4 rings (SSSR count). The van der Waals surface area contributed by atoms with Crippen LogP contribution in [0.1, 0.15) is 40.6 Å². The number of aromatic amines is 1. The van der Waals surface area contributed by atoms with Crippen molar-refractivity contribution in [2.45, 2.75) is 38.8 Å². The summed E-state index contributed by atoms with van der Waals surface area (Å²) < 4.78 is 5.17. The van der Waals surface area contributed by atoms with Gasteiger partial charge in [-0.05, 0) is 38.9 Å². The summed E-state index contributed by atoms with van der Waals surface area (Å²) in [5.41, 5.74) is 2.14. The van der Waals surface area contributed by atoms with E-state index in [0.717, 1.165) is 49.6 Å². The van der Waals surface area contributed by atoms with Gasteiger partial charge in [-0.3, -0.25) is 19.2 Å². The zero-order valence-corrected chi connectivity index (χ0v) is 19.3. The van der Waals surface area contributed by atoms with Crippen LogP contribution in [0.25, 0.3) is 0 Å². The summed E-state index contributed by atoms with van der Waals surface area (Å²) in [5.74, 6) is 1.16. The van der Waals surface area contributed by atoms with Gasteiger partial charge in [-0.15, -0.1) is 0 Å². The van der Waals surface area contributed by atoms with E-state index in [0.29, 0.717) is 18.8 Å². The number of likely N-dealkylation sites (tertiary alicyclic amines) is 1. The molecule has 0 unspecified atom stereocenters. The predicted molar refractivity (Wildman–Crippen MR) is 120 cm³/mol. The summed E-state index contributed by atoms with van der Waals surface area (Å²) >= 11 is 0. The van der Waals surface area contributed by atoms with Gasteiger partial charge in [0.05, 0.1) is 30.1 Å². The second-order valence-corrected chi connectivity index (χ2v) is 8.11. The van der Waals surface area contributed by atoms with Crippen LogP contribution < -0.4 is 5.32 Å². The monoisotopic (exact) mass is 477 g/mol. The molecule has 2 aliphatic heterocycles. The second-order valence-electron chi connectivity index (χ2n) is 8.11. The number of rotatable bonds is 3. The Bertz CT molecular complexity index is 938. The highest BCUT2D eigenvalue weighted by atomic mass is 16.4. The predicted octanol–water partition coefficient (Wildman–Crippen LogP) is 0.738. The number of nitrogens with one attached hydrogen (secondary N) is 2. The van der Waals surface area contributed by atoms with Crippen molar-refractivity contribution in [3.05, 3.63) is 41.4 Å². The molecule has 2 aromatic heterocycles. The Morgan fingerprint density at radius 2 is 1.94 bits per heavy atom. The van der Waals surface area contributed by atoms with Crippen molar-refractivity contribution < 1.29 is 33.8 Å². The minimum Gasteiger partial charge on any atom is -0.483 e. The number of hydrogen-bond donors (Lipinski definition) is 4. The first-order chi connectivity index (χ1) is 16.3. The van der Waals surface area contributed by atoms with Crippen LogP contribution in [0.15, 0.2) is 22.8 Å². The Morgan fingerprint density at radius 1 is 1.24 bits per heavy atom. The van der Waals surface area contributed by atoms with Crippen molar-refractivity contribution in [3.8, 4) is 0 Å². The molecule has 0 bridgehead atoms. The molecule has 0 saturated carbocycles. The molecule has 0 radical (unpaired) electrons. The zero-order valence-electron chi connectivity index (χ0n) is 19.3. The first-order valence-corrected chi connectivity index (χ1v) is 10.8. The fourth-order valence-corrected chi connectivity index (χ4v) is 4.28. The number of furan rings is 1. The molecule has 2 aliphatic rings. The lowest BCUT2D eigenvalue weighted by molar-refractivity contribution is -0.137. The van der Waals surface area contributed by atoms with Crippen LogP contribution in [0.2, 0.25) is 0 Å². The number of fused-ring (bicyclic) bond motifs is 1. The van der Waals surface area contributed by atoms with Crippen LogP contribution in [0.4, 0.5) is 0 Å². The number of amides is 2. The molecule has 1 saturated heterocycles. The molecule has 12 nitrogen and oxygen atoms in total. The molecule has 4 heterocycles. The third kappa shape index (κ3) is 7.44. The molecule has 2 atom stereocenters. The number of aromatic nitrogens is 2. The lowest BCUT2D eigenvalue weighted by Crippen LogP contribution is -2.43. The van der Waals surface area contributed by atoms with Crippen molar-refractivity contribution in [3.63, 3.8) is 0 Å². The molecule has 186 valence electrons. The minimum absolute atomic E-state index is 0.00335. The van der Waals surface area contributed by atoms with E-state index < -0.39 is 0 Å². The maximum atomic E-state index is 13.1. The Kier molecular flexibility index (Phi) is 10.3. The number of H-pyrrole nitrogens is 1. The maximum absolute atomic E-state index is 13.1. The van der Waals surface area contributed by atoms with Gasteiger partial charge in [0.1, 0.15) is 5.82 Å². The number of nitrogens with zero attached hydrogens (tertiary/aromatic N) is 3. The molecule has 2 amide bonds. The second kappa shape index (κ2) is 13.1. The van der Waals surface area contributed by atoms with Gasteiger partial charge in [0.15, 0.2) is 5.76 Å². The fourth-order valence-electron chi connectivity index (χ4n) is 4.28. The van der Waals surface area contributed by atoms with Gasteiger partial charge in [0.25, 0.3) is 18.9 Å². The molecular weight excluding hydrogens is 446 g/mol. The van der Waals surface area contributed by atoms with E-state index in [4.69, 9.17) is 24.2 Å². The largest absolute Gasteiger partial charge is 0.483 e. The lowest BCUT2D eigenvalue weighted by atomic mass is 9.99. The van der Waals surface area contributed by atoms with Gasteiger partial charge in [0.2, 0.25) is 5.91 Å². The average Bonchev–Trinajstić information content (AvgIpc) is 3.41. The van der Waals surface area contributed by atoms with Crippen LogP contribution in [0, 0.1) is 12.8 Å². The van der Waals surface area contributed by atoms with Crippen molar-refractivity contribution in [2.75, 3.05) is 26.7 Å². The van der Waals surface area contributed by atoms with Crippen LogP contribution in [0.3, 0.4) is 0 Å². The maximum Gasteiger partial charge on any atom is 0.290 e. The fraction of sp³-hybridized carbons (Fsp3) is 0.500. The topological polar surface area (TPSA) is 169 Å². The van der Waals surface area contributed by atoms with Gasteiger partial charge in [-0.2, -0.15) is 0 Å². The normalized spacial score (nSPS) is 19.8. The number of likely N-dealkylation sites (N-methyl/N-ethyl adjacent to an activating group) is 1. The van der Waals surface area contributed by atoms with E-state index in [2.05, 4.69) is 20.2 Å². The number of hydrogen-bond acceptors (Lipinski definition) is 7. The smallest absolute Gasteiger partial charge is 0.290 e. The van der Waals surface area contributed by atoms with Crippen molar-refractivity contribution in [2.24, 2.45) is 5.92 Å². The third-order valence-corrected chi connectivity index (χ3v) is 5.62. The highest BCUT2D eigenvalue weighted by Crippen LogP contribution is 2.23. The van der Waals surface area contributed by atoms with Crippen LogP contribution in [0.5, 0.6) is 0 Å². The van der Waals surface area contributed by atoms with Crippen LogP contribution in [-0.2, 0) is 27.3 Å². The average molecular weight is 478 g/mol. The molecular formula is C22H31N5O7. The molecule has 2 aromatic rings. The Labute approximate surface area is 196 Å². The number of imidazole rings is 1. The standard InChI is InChI=1S/C20H27N5O3.2CH2O2/c1-13-21-16-7-8-25(12-17(16)22-13)20(27)14-5-6-15(11-24(2)10-14)23-19(26)18-4-3-9-28-18;2*2-1-3/h3-4,9,14-15H,5-8,10-12H2,1-2H3,(H,21,22)(H,23,26);2*1H,(H,2,3)/t14-,15+;;/m1../s1. The summed E-state index contributed by atoms with van der Waals surface area (Å²) in [4.78, 5) is 54.0. The van der Waals surface area contributed by atoms with Gasteiger partial charge in [-0.25, -0.2) is 4.98 Å². The molecule has 0 spiro atoms. The highest BCUT2D eigenvalue weighted by Gasteiger charge is 2.32. The molecule has 0 aromatic carbocycles. The minimum atomic E-state index is -0.250. The molecule has 4 N–H and O–H groups in total. The molecule has 12 heteroatoms. The summed E-state index contributed by atoms with van der Waals surface area (Å²) in [5, 5.41) is 16.8. The molecule has 1 fully saturated rings. The summed E-state index contributed by atoms with van der Waals surface area (Å²) in [6.07, 6.45) is 3.83. The summed E-state index contributed by atoms with van der Waals surface area (Å²) in [7, 11) is 2.00. The first kappa shape index (κ1) is 26.6. The summed E-state index contributed by atoms with van der Waals surface area (Å²) in [6.45, 7) is 4.20. The lowest BCUT2D eigenvalue weighted by Gasteiger charge is -2.30. The third-order valence-electron chi connectivity index (χ3n) is 5.62. The quantitative estimate of drug-likeness (QED) is 0.466. The highest BCUT2D eigenvalue weighted by molar-refractivity contribution is 5.91. The first-order valence-electron chi connectivity index (χ1n) is 10.8. The Morgan fingerprint density at radius 3 is 2.59 bits per heavy atom. The summed E-state index contributed by atoms with van der Waals surface area (Å²) in [6, 6.07) is 3.36. The van der Waals surface area contributed by atoms with Crippen molar-refractivity contribution in [1.82, 2.24) is 25.1 Å². The van der Waals surface area contributed by atoms with E-state index in [1.807, 2.05) is 18.9 Å². The van der Waals surface area contributed by atoms with Gasteiger partial charge >= 0.3 is 0 Å². The van der Waals surface area contributed by atoms with Crippen LogP contribution >= 0.6 is 0 Å². The number of aryl methyl sites for hydroxylation is 1. The molecule has 34 heavy (non-hydrogen) atoms. The number of carbonyl (C=O) groups is 4.